The van der Waals surface area contributed by atoms with Gasteiger partial charge in [0.2, 0.25) is 6.10 Å². The number of nitrogens with zero attached hydrogens (tertiary/aromatic N) is 1. The number of nitrogens with one attached hydrogen (secondary N) is 2. The van der Waals surface area contributed by atoms with Crippen LogP contribution in [0.2, 0.25) is 0 Å². The van der Waals surface area contributed by atoms with Gasteiger partial charge in [0.1, 0.15) is 0 Å². The number of benzene rings is 2. The zero-order valence-electron chi connectivity index (χ0n) is 18.6. The van der Waals surface area contributed by atoms with E-state index in [-0.39, 0.29) is 16.7 Å². The largest absolute Gasteiger partial charge is 0.444 e. The van der Waals surface area contributed by atoms with E-state index < -0.39 is 35.8 Å². The number of fused-ring (bicyclic) bond motifs is 1. The number of hydrogen-bond donors (Lipinski definition) is 2. The molecule has 0 aromatic heterocycles. The molecule has 33 heavy (non-hydrogen) atoms. The molecule has 0 spiro atoms. The lowest BCUT2D eigenvalue weighted by Gasteiger charge is -2.17. The molecule has 0 radical (unpaired) electrons. The van der Waals surface area contributed by atoms with Gasteiger partial charge in [-0.05, 0) is 30.5 Å². The number of esters is 1. The first-order valence-electron chi connectivity index (χ1n) is 10.5. The summed E-state index contributed by atoms with van der Waals surface area (Å²) in [6.45, 7) is 4.28. The molecule has 5 amide bonds. The predicted octanol–water partition coefficient (Wildman–Crippen LogP) is 2.68. The first-order valence-corrected chi connectivity index (χ1v) is 10.5. The molecule has 1 atom stereocenters. The lowest BCUT2D eigenvalue weighted by Crippen LogP contribution is -2.41. The van der Waals surface area contributed by atoms with Crippen molar-refractivity contribution in [2.75, 3.05) is 13.6 Å². The van der Waals surface area contributed by atoms with E-state index in [1.807, 2.05) is 13.8 Å². The highest BCUT2D eigenvalue weighted by molar-refractivity contribution is 6.22. The number of carbonyl (C=O) groups is 5. The van der Waals surface area contributed by atoms with Crippen molar-refractivity contribution in [1.82, 2.24) is 15.5 Å². The minimum Gasteiger partial charge on any atom is -0.444 e. The minimum absolute atomic E-state index is 0.00860. The molecule has 1 heterocycles. The van der Waals surface area contributed by atoms with E-state index in [2.05, 4.69) is 10.6 Å². The van der Waals surface area contributed by atoms with Gasteiger partial charge in [0.05, 0.1) is 16.7 Å². The molecule has 9 heteroatoms. The molecule has 0 aliphatic carbocycles. The lowest BCUT2D eigenvalue weighted by molar-refractivity contribution is -0.129. The number of rotatable bonds is 7. The van der Waals surface area contributed by atoms with Crippen molar-refractivity contribution in [3.8, 4) is 0 Å². The Morgan fingerprint density at radius 3 is 2.27 bits per heavy atom. The molecule has 2 aromatic rings. The molecule has 172 valence electrons. The molecule has 1 aliphatic rings. The SMILES string of the molecule is CNC(=O)NC(=O)[C@H](OC(=O)c1ccc2c(c1)C(=O)N(CCC(C)C)C2=O)c1ccccc1. The van der Waals surface area contributed by atoms with Crippen LogP contribution in [0.15, 0.2) is 48.5 Å². The number of urea groups is 1. The Morgan fingerprint density at radius 2 is 1.64 bits per heavy atom. The first kappa shape index (κ1) is 23.6. The number of amides is 5. The molecule has 0 fully saturated rings. The number of ether oxygens (including phenoxy) is 1. The van der Waals surface area contributed by atoms with Crippen LogP contribution in [0.25, 0.3) is 0 Å². The van der Waals surface area contributed by atoms with Gasteiger partial charge in [0, 0.05) is 19.2 Å². The van der Waals surface area contributed by atoms with Gasteiger partial charge >= 0.3 is 12.0 Å². The maximum atomic E-state index is 12.9. The molecule has 0 bridgehead atoms. The molecular formula is C24H25N3O6. The highest BCUT2D eigenvalue weighted by atomic mass is 16.5. The zero-order chi connectivity index (χ0) is 24.1. The summed E-state index contributed by atoms with van der Waals surface area (Å²) in [6.07, 6.45) is -0.733. The maximum Gasteiger partial charge on any atom is 0.339 e. The van der Waals surface area contributed by atoms with Crippen LogP contribution in [0, 0.1) is 5.92 Å². The minimum atomic E-state index is -1.40. The molecular weight excluding hydrogens is 426 g/mol. The van der Waals surface area contributed by atoms with E-state index in [9.17, 15) is 24.0 Å². The van der Waals surface area contributed by atoms with E-state index in [4.69, 9.17) is 4.74 Å². The lowest BCUT2D eigenvalue weighted by atomic mass is 10.1. The second-order valence-corrected chi connectivity index (χ2v) is 7.97. The van der Waals surface area contributed by atoms with E-state index in [0.717, 1.165) is 0 Å². The summed E-state index contributed by atoms with van der Waals surface area (Å²) in [5, 5.41) is 4.36. The van der Waals surface area contributed by atoms with E-state index >= 15 is 0 Å². The van der Waals surface area contributed by atoms with Crippen LogP contribution in [-0.4, -0.2) is 48.2 Å². The molecule has 0 unspecified atom stereocenters. The van der Waals surface area contributed by atoms with Crippen LogP contribution in [0.4, 0.5) is 4.79 Å². The molecule has 2 aromatic carbocycles. The second-order valence-electron chi connectivity index (χ2n) is 7.97. The topological polar surface area (TPSA) is 122 Å². The van der Waals surface area contributed by atoms with Crippen LogP contribution in [0.1, 0.15) is 63.0 Å². The average molecular weight is 451 g/mol. The quantitative estimate of drug-likeness (QED) is 0.493. The predicted molar refractivity (Wildman–Crippen MR) is 118 cm³/mol. The zero-order valence-corrected chi connectivity index (χ0v) is 18.6. The van der Waals surface area contributed by atoms with Gasteiger partial charge in [0.15, 0.2) is 0 Å². The molecule has 1 aliphatic heterocycles. The van der Waals surface area contributed by atoms with Crippen molar-refractivity contribution >= 4 is 29.7 Å². The second kappa shape index (κ2) is 10.1. The first-order chi connectivity index (χ1) is 15.7. The molecule has 9 nitrogen and oxygen atoms in total. The van der Waals surface area contributed by atoms with Crippen molar-refractivity contribution in [3.05, 3.63) is 70.8 Å². The monoisotopic (exact) mass is 451 g/mol. The third kappa shape index (κ3) is 5.25. The third-order valence-electron chi connectivity index (χ3n) is 5.17. The van der Waals surface area contributed by atoms with Crippen LogP contribution >= 0.6 is 0 Å². The summed E-state index contributed by atoms with van der Waals surface area (Å²) in [6, 6.07) is 11.5. The Labute approximate surface area is 191 Å². The molecule has 2 N–H and O–H groups in total. The van der Waals surface area contributed by atoms with Gasteiger partial charge in [-0.1, -0.05) is 44.2 Å². The van der Waals surface area contributed by atoms with E-state index in [1.165, 1.54) is 30.1 Å². The molecule has 0 saturated heterocycles. The molecule has 3 rings (SSSR count). The van der Waals surface area contributed by atoms with Crippen molar-refractivity contribution in [3.63, 3.8) is 0 Å². The normalized spacial score (nSPS) is 13.5. The molecule has 0 saturated carbocycles. The Hall–Kier alpha value is -4.01. The Balaban J connectivity index is 1.83. The van der Waals surface area contributed by atoms with Crippen LogP contribution in [-0.2, 0) is 9.53 Å². The number of hydrogen-bond acceptors (Lipinski definition) is 6. The third-order valence-corrected chi connectivity index (χ3v) is 5.17. The van der Waals surface area contributed by atoms with Crippen molar-refractivity contribution < 1.29 is 28.7 Å². The van der Waals surface area contributed by atoms with Crippen LogP contribution in [0.3, 0.4) is 0 Å². The van der Waals surface area contributed by atoms with Crippen molar-refractivity contribution in [2.24, 2.45) is 5.92 Å². The fraction of sp³-hybridized carbons (Fsp3) is 0.292. The fourth-order valence-electron chi connectivity index (χ4n) is 3.32. The Kier molecular flexibility index (Phi) is 7.22. The fourth-order valence-corrected chi connectivity index (χ4v) is 3.32. The average Bonchev–Trinajstić information content (AvgIpc) is 3.05. The number of carbonyl (C=O) groups excluding carboxylic acids is 5. The number of imide groups is 2. The van der Waals surface area contributed by atoms with Gasteiger partial charge in [-0.25, -0.2) is 9.59 Å². The standard InChI is InChI=1S/C24H25N3O6/c1-14(2)11-12-27-21(29)17-10-9-16(13-18(17)22(27)30)23(31)33-19(15-7-5-4-6-8-15)20(28)26-24(32)25-3/h4-10,13-14,19H,11-12H2,1-3H3,(H2,25,26,28,32)/t19-/m1/s1. The van der Waals surface area contributed by atoms with E-state index in [1.54, 1.807) is 30.3 Å². The summed E-state index contributed by atoms with van der Waals surface area (Å²) in [5.74, 6) is -2.26. The van der Waals surface area contributed by atoms with Crippen LogP contribution in [0.5, 0.6) is 0 Å². The van der Waals surface area contributed by atoms with Gasteiger partial charge < -0.3 is 10.1 Å². The van der Waals surface area contributed by atoms with Gasteiger partial charge in [0.25, 0.3) is 17.7 Å². The van der Waals surface area contributed by atoms with Gasteiger partial charge in [-0.3, -0.25) is 24.6 Å². The Bertz CT molecular complexity index is 1100. The highest BCUT2D eigenvalue weighted by Crippen LogP contribution is 2.26. The summed E-state index contributed by atoms with van der Waals surface area (Å²) in [4.78, 5) is 63.5. The summed E-state index contributed by atoms with van der Waals surface area (Å²) in [5.41, 5.74) is 0.704. The smallest absolute Gasteiger partial charge is 0.339 e. The summed E-state index contributed by atoms with van der Waals surface area (Å²) >= 11 is 0. The maximum absolute atomic E-state index is 12.9. The highest BCUT2D eigenvalue weighted by Gasteiger charge is 2.36. The Morgan fingerprint density at radius 1 is 0.970 bits per heavy atom. The van der Waals surface area contributed by atoms with Gasteiger partial charge in [-0.15, -0.1) is 0 Å². The van der Waals surface area contributed by atoms with Crippen LogP contribution < -0.4 is 10.6 Å². The summed E-state index contributed by atoms with van der Waals surface area (Å²) < 4.78 is 5.42. The van der Waals surface area contributed by atoms with E-state index in [0.29, 0.717) is 24.4 Å². The van der Waals surface area contributed by atoms with Gasteiger partial charge in [-0.2, -0.15) is 0 Å². The summed E-state index contributed by atoms with van der Waals surface area (Å²) in [7, 11) is 1.35. The van der Waals surface area contributed by atoms with Crippen molar-refractivity contribution in [2.45, 2.75) is 26.4 Å². The van der Waals surface area contributed by atoms with Crippen molar-refractivity contribution in [1.29, 1.82) is 0 Å².